The average Bonchev–Trinajstić information content (AvgIpc) is 2.74. The Morgan fingerprint density at radius 2 is 1.55 bits per heavy atom. The first-order chi connectivity index (χ1) is 10.1. The number of hydrogen-bond acceptors (Lipinski definition) is 3. The van der Waals surface area contributed by atoms with E-state index in [1.165, 1.54) is 6.07 Å². The summed E-state index contributed by atoms with van der Waals surface area (Å²) >= 11 is 0. The lowest BCUT2D eigenvalue weighted by Crippen LogP contribution is -2.09. The van der Waals surface area contributed by atoms with Gasteiger partial charge in [-0.2, -0.15) is 36.7 Å². The first kappa shape index (κ1) is 15.7. The molecule has 0 bridgehead atoms. The Morgan fingerprint density at radius 3 is 1.91 bits per heavy atom. The Morgan fingerprint density at radius 1 is 1.00 bits per heavy atom. The lowest BCUT2D eigenvalue weighted by molar-refractivity contribution is -0.141. The fourth-order valence-corrected chi connectivity index (χ4v) is 1.73. The van der Waals surface area contributed by atoms with Crippen LogP contribution in [0.1, 0.15) is 16.8 Å². The van der Waals surface area contributed by atoms with Gasteiger partial charge in [-0.25, -0.2) is 4.68 Å². The Labute approximate surface area is 119 Å². The van der Waals surface area contributed by atoms with Gasteiger partial charge in [-0.3, -0.25) is 0 Å². The fourth-order valence-electron chi connectivity index (χ4n) is 1.73. The maximum absolute atomic E-state index is 12.7. The number of rotatable bonds is 1. The van der Waals surface area contributed by atoms with E-state index in [0.717, 1.165) is 12.1 Å². The van der Waals surface area contributed by atoms with Crippen LogP contribution in [0, 0.1) is 11.3 Å². The van der Waals surface area contributed by atoms with Gasteiger partial charge in [0.05, 0.1) is 11.3 Å². The molecule has 0 radical (unpaired) electrons. The van der Waals surface area contributed by atoms with Gasteiger partial charge in [0.25, 0.3) is 0 Å². The van der Waals surface area contributed by atoms with Gasteiger partial charge in [0.2, 0.25) is 0 Å². The van der Waals surface area contributed by atoms with Crippen molar-refractivity contribution in [3.8, 4) is 11.8 Å². The summed E-state index contributed by atoms with van der Waals surface area (Å²) in [6, 6.07) is 4.46. The molecule has 4 nitrogen and oxygen atoms in total. The van der Waals surface area contributed by atoms with Gasteiger partial charge in [-0.1, -0.05) is 0 Å². The minimum atomic E-state index is -4.91. The van der Waals surface area contributed by atoms with Gasteiger partial charge >= 0.3 is 12.4 Å². The van der Waals surface area contributed by atoms with Crippen molar-refractivity contribution in [1.29, 1.82) is 5.26 Å². The lowest BCUT2D eigenvalue weighted by Gasteiger charge is -2.08. The molecule has 2 N–H and O–H groups in total. The van der Waals surface area contributed by atoms with Crippen LogP contribution in [0.2, 0.25) is 0 Å². The van der Waals surface area contributed by atoms with E-state index >= 15 is 0 Å². The molecule has 0 spiro atoms. The van der Waals surface area contributed by atoms with Crippen molar-refractivity contribution in [3.63, 3.8) is 0 Å². The summed E-state index contributed by atoms with van der Waals surface area (Å²) in [5.74, 6) is -0.602. The minimum Gasteiger partial charge on any atom is -0.382 e. The zero-order valence-electron chi connectivity index (χ0n) is 10.5. The minimum absolute atomic E-state index is 0.127. The van der Waals surface area contributed by atoms with E-state index in [1.807, 2.05) is 0 Å². The monoisotopic (exact) mass is 320 g/mol. The molecule has 0 saturated carbocycles. The zero-order valence-corrected chi connectivity index (χ0v) is 10.5. The fraction of sp³-hybridized carbons (Fsp3) is 0.167. The number of nitriles is 1. The second kappa shape index (κ2) is 4.94. The molecule has 2 aromatic rings. The van der Waals surface area contributed by atoms with Crippen LogP contribution >= 0.6 is 0 Å². The summed E-state index contributed by atoms with van der Waals surface area (Å²) in [5, 5.41) is 11.9. The molecule has 0 unspecified atom stereocenters. The van der Waals surface area contributed by atoms with Crippen LogP contribution in [0.15, 0.2) is 24.3 Å². The number of nitrogens with two attached hydrogens (primary N) is 1. The normalized spacial score (nSPS) is 12.2. The number of aromatic nitrogens is 2. The summed E-state index contributed by atoms with van der Waals surface area (Å²) in [7, 11) is 0. The van der Waals surface area contributed by atoms with Gasteiger partial charge in [0.1, 0.15) is 17.5 Å². The highest BCUT2D eigenvalue weighted by atomic mass is 19.4. The number of nitrogen functional groups attached to an aromatic ring is 1. The summed E-state index contributed by atoms with van der Waals surface area (Å²) in [5.41, 5.74) is 1.95. The first-order valence-electron chi connectivity index (χ1n) is 5.59. The van der Waals surface area contributed by atoms with Crippen LogP contribution in [0.25, 0.3) is 5.69 Å². The molecule has 1 aromatic heterocycles. The number of alkyl halides is 6. The predicted molar refractivity (Wildman–Crippen MR) is 62.7 cm³/mol. The van der Waals surface area contributed by atoms with Crippen LogP contribution < -0.4 is 5.73 Å². The van der Waals surface area contributed by atoms with Crippen molar-refractivity contribution >= 4 is 5.82 Å². The summed E-state index contributed by atoms with van der Waals surface area (Å²) in [4.78, 5) is 0. The summed E-state index contributed by atoms with van der Waals surface area (Å²) in [6.45, 7) is 0. The molecule has 1 heterocycles. The van der Waals surface area contributed by atoms with Crippen LogP contribution in [0.4, 0.5) is 32.2 Å². The van der Waals surface area contributed by atoms with E-state index < -0.39 is 35.0 Å². The second-order valence-electron chi connectivity index (χ2n) is 4.17. The van der Waals surface area contributed by atoms with Crippen molar-refractivity contribution < 1.29 is 26.3 Å². The molecular weight excluding hydrogens is 314 g/mol. The second-order valence-corrected chi connectivity index (χ2v) is 4.17. The topological polar surface area (TPSA) is 67.6 Å². The average molecular weight is 320 g/mol. The van der Waals surface area contributed by atoms with Crippen LogP contribution in [0.3, 0.4) is 0 Å². The van der Waals surface area contributed by atoms with Gasteiger partial charge in [0, 0.05) is 0 Å². The number of halogens is 6. The molecule has 0 aliphatic heterocycles. The van der Waals surface area contributed by atoms with Crippen molar-refractivity contribution in [2.45, 2.75) is 12.4 Å². The van der Waals surface area contributed by atoms with Gasteiger partial charge in [-0.15, -0.1) is 0 Å². The predicted octanol–water partition coefficient (Wildman–Crippen LogP) is 3.36. The Kier molecular flexibility index (Phi) is 3.52. The van der Waals surface area contributed by atoms with Crippen LogP contribution in [-0.2, 0) is 12.4 Å². The molecule has 0 saturated heterocycles. The van der Waals surface area contributed by atoms with Crippen LogP contribution in [-0.4, -0.2) is 9.78 Å². The SMILES string of the molecule is N#Cc1c(C(F)(F)F)nn(-c2ccc(C(F)(F)F)cc2)c1N. The smallest absolute Gasteiger partial charge is 0.382 e. The molecule has 0 aliphatic rings. The first-order valence-corrected chi connectivity index (χ1v) is 5.59. The molecular formula is C12H6F6N4. The van der Waals surface area contributed by atoms with Crippen molar-refractivity contribution in [2.75, 3.05) is 5.73 Å². The highest BCUT2D eigenvalue weighted by Gasteiger charge is 2.39. The van der Waals surface area contributed by atoms with E-state index in [9.17, 15) is 26.3 Å². The van der Waals surface area contributed by atoms with E-state index in [1.54, 1.807) is 0 Å². The molecule has 0 fully saturated rings. The maximum atomic E-state index is 12.7. The molecule has 0 aliphatic carbocycles. The summed E-state index contributed by atoms with van der Waals surface area (Å²) in [6.07, 6.45) is -9.49. The number of benzene rings is 1. The molecule has 0 amide bonds. The number of hydrogen-bond donors (Lipinski definition) is 1. The van der Waals surface area contributed by atoms with Crippen molar-refractivity contribution in [3.05, 3.63) is 41.1 Å². The highest BCUT2D eigenvalue weighted by Crippen LogP contribution is 2.35. The van der Waals surface area contributed by atoms with Gasteiger partial charge < -0.3 is 5.73 Å². The third-order valence-corrected chi connectivity index (χ3v) is 2.74. The zero-order chi connectivity index (χ0) is 16.7. The number of anilines is 1. The molecule has 1 aromatic carbocycles. The van der Waals surface area contributed by atoms with Gasteiger partial charge in [0.15, 0.2) is 5.69 Å². The van der Waals surface area contributed by atoms with E-state index in [-0.39, 0.29) is 5.69 Å². The Balaban J connectivity index is 2.55. The molecule has 2 rings (SSSR count). The maximum Gasteiger partial charge on any atom is 0.436 e. The molecule has 0 atom stereocenters. The molecule has 10 heteroatoms. The van der Waals surface area contributed by atoms with Crippen molar-refractivity contribution in [2.24, 2.45) is 0 Å². The van der Waals surface area contributed by atoms with Crippen molar-refractivity contribution in [1.82, 2.24) is 9.78 Å². The quantitative estimate of drug-likeness (QED) is 0.819. The van der Waals surface area contributed by atoms with Crippen LogP contribution in [0.5, 0.6) is 0 Å². The third kappa shape index (κ3) is 2.69. The summed E-state index contributed by atoms with van der Waals surface area (Å²) < 4.78 is 76.1. The van der Waals surface area contributed by atoms with E-state index in [2.05, 4.69) is 5.10 Å². The highest BCUT2D eigenvalue weighted by molar-refractivity contribution is 5.57. The Hall–Kier alpha value is -2.70. The largest absolute Gasteiger partial charge is 0.436 e. The van der Waals surface area contributed by atoms with Gasteiger partial charge in [-0.05, 0) is 24.3 Å². The van der Waals surface area contributed by atoms with E-state index in [4.69, 9.17) is 11.0 Å². The van der Waals surface area contributed by atoms with E-state index in [0.29, 0.717) is 16.8 Å². The molecule has 116 valence electrons. The Bertz CT molecular complexity index is 733. The molecule has 22 heavy (non-hydrogen) atoms. The lowest BCUT2D eigenvalue weighted by atomic mass is 10.2. The standard InChI is InChI=1S/C12H6F6N4/c13-11(14,15)6-1-3-7(4-2-6)22-10(20)8(5-19)9(21-22)12(16,17)18/h1-4H,20H2. The third-order valence-electron chi connectivity index (χ3n) is 2.74. The number of nitrogens with zero attached hydrogens (tertiary/aromatic N) is 3.